The minimum Gasteiger partial charge on any atom is -0.326 e. The Bertz CT molecular complexity index is 595. The van der Waals surface area contributed by atoms with E-state index in [4.69, 9.17) is 0 Å². The van der Waals surface area contributed by atoms with Crippen molar-refractivity contribution in [1.29, 1.82) is 0 Å². The molecule has 20 heavy (non-hydrogen) atoms. The second-order valence-corrected chi connectivity index (χ2v) is 5.39. The van der Waals surface area contributed by atoms with Crippen LogP contribution in [0.5, 0.6) is 0 Å². The van der Waals surface area contributed by atoms with Gasteiger partial charge in [-0.3, -0.25) is 4.79 Å². The van der Waals surface area contributed by atoms with Crippen LogP contribution in [0, 0.1) is 6.92 Å². The Morgan fingerprint density at radius 2 is 1.95 bits per heavy atom. The van der Waals surface area contributed by atoms with E-state index in [0.717, 1.165) is 23.0 Å². The van der Waals surface area contributed by atoms with E-state index in [0.29, 0.717) is 6.42 Å². The molecule has 2 nitrogen and oxygen atoms in total. The van der Waals surface area contributed by atoms with E-state index >= 15 is 0 Å². The summed E-state index contributed by atoms with van der Waals surface area (Å²) in [7, 11) is 0. The predicted octanol–water partition coefficient (Wildman–Crippen LogP) is 4.46. The summed E-state index contributed by atoms with van der Waals surface area (Å²) in [5.41, 5.74) is 4.41. The van der Waals surface area contributed by atoms with Crippen LogP contribution in [0.4, 0.5) is 5.69 Å². The number of carbonyl (C=O) groups is 1. The Morgan fingerprint density at radius 1 is 1.15 bits per heavy atom. The number of alkyl halides is 1. The van der Waals surface area contributed by atoms with Gasteiger partial charge in [-0.15, -0.1) is 0 Å². The highest BCUT2D eigenvalue weighted by atomic mass is 79.9. The average Bonchev–Trinajstić information content (AvgIpc) is 2.46. The maximum Gasteiger partial charge on any atom is 0.224 e. The van der Waals surface area contributed by atoms with Crippen LogP contribution in [0.3, 0.4) is 0 Å². The standard InChI is InChI=1S/C17H18BrNO/c1-13-5-4-6-14(11-13)9-10-17(20)19-16-8-3-2-7-15(16)12-18/h2-8,11H,9-10,12H2,1H3,(H,19,20). The SMILES string of the molecule is Cc1cccc(CCC(=O)Nc2ccccc2CBr)c1. The van der Waals surface area contributed by atoms with Crippen molar-refractivity contribution >= 4 is 27.5 Å². The Balaban J connectivity index is 1.93. The van der Waals surface area contributed by atoms with Crippen LogP contribution in [0.1, 0.15) is 23.1 Å². The highest BCUT2D eigenvalue weighted by Crippen LogP contribution is 2.18. The van der Waals surface area contributed by atoms with Crippen molar-refractivity contribution < 1.29 is 4.79 Å². The number of benzene rings is 2. The van der Waals surface area contributed by atoms with E-state index in [1.807, 2.05) is 30.3 Å². The van der Waals surface area contributed by atoms with E-state index in [2.05, 4.69) is 46.4 Å². The van der Waals surface area contributed by atoms with E-state index in [9.17, 15) is 4.79 Å². The number of amides is 1. The first-order valence-corrected chi connectivity index (χ1v) is 7.80. The lowest BCUT2D eigenvalue weighted by Gasteiger charge is -2.09. The summed E-state index contributed by atoms with van der Waals surface area (Å²) < 4.78 is 0. The second-order valence-electron chi connectivity index (χ2n) is 4.83. The number of hydrogen-bond donors (Lipinski definition) is 1. The maximum atomic E-state index is 12.0. The number of para-hydroxylation sites is 1. The van der Waals surface area contributed by atoms with Crippen LogP contribution in [-0.2, 0) is 16.5 Å². The number of anilines is 1. The van der Waals surface area contributed by atoms with Gasteiger partial charge in [0.2, 0.25) is 5.91 Å². The van der Waals surface area contributed by atoms with Crippen molar-refractivity contribution in [2.24, 2.45) is 0 Å². The number of aryl methyl sites for hydroxylation is 2. The summed E-state index contributed by atoms with van der Waals surface area (Å²) in [5.74, 6) is 0.0555. The quantitative estimate of drug-likeness (QED) is 0.805. The Hall–Kier alpha value is -1.61. The molecule has 0 aliphatic heterocycles. The lowest BCUT2D eigenvalue weighted by atomic mass is 10.1. The fraction of sp³-hybridized carbons (Fsp3) is 0.235. The third kappa shape index (κ3) is 4.20. The van der Waals surface area contributed by atoms with Gasteiger partial charge in [0.25, 0.3) is 0 Å². The number of halogens is 1. The zero-order valence-electron chi connectivity index (χ0n) is 11.5. The van der Waals surface area contributed by atoms with Gasteiger partial charge in [-0.05, 0) is 30.5 Å². The number of hydrogen-bond acceptors (Lipinski definition) is 1. The highest BCUT2D eigenvalue weighted by molar-refractivity contribution is 9.08. The lowest BCUT2D eigenvalue weighted by Crippen LogP contribution is -2.13. The molecular formula is C17H18BrNO. The van der Waals surface area contributed by atoms with E-state index < -0.39 is 0 Å². The topological polar surface area (TPSA) is 29.1 Å². The van der Waals surface area contributed by atoms with Crippen molar-refractivity contribution in [2.75, 3.05) is 5.32 Å². The molecule has 0 radical (unpaired) electrons. The van der Waals surface area contributed by atoms with Crippen LogP contribution in [0.15, 0.2) is 48.5 Å². The molecule has 0 spiro atoms. The monoisotopic (exact) mass is 331 g/mol. The van der Waals surface area contributed by atoms with Gasteiger partial charge in [0.1, 0.15) is 0 Å². The Morgan fingerprint density at radius 3 is 2.70 bits per heavy atom. The van der Waals surface area contributed by atoms with Gasteiger partial charge in [-0.1, -0.05) is 64.0 Å². The van der Waals surface area contributed by atoms with Crippen molar-refractivity contribution in [3.63, 3.8) is 0 Å². The summed E-state index contributed by atoms with van der Waals surface area (Å²) in [5, 5.41) is 3.71. The maximum absolute atomic E-state index is 12.0. The van der Waals surface area contributed by atoms with Crippen LogP contribution < -0.4 is 5.32 Å². The average molecular weight is 332 g/mol. The fourth-order valence-corrected chi connectivity index (χ4v) is 2.59. The first-order chi connectivity index (χ1) is 9.69. The molecule has 0 atom stereocenters. The molecule has 2 aromatic carbocycles. The van der Waals surface area contributed by atoms with Crippen molar-refractivity contribution in [3.05, 3.63) is 65.2 Å². The molecule has 3 heteroatoms. The fourth-order valence-electron chi connectivity index (χ4n) is 2.10. The zero-order valence-corrected chi connectivity index (χ0v) is 13.1. The third-order valence-electron chi connectivity index (χ3n) is 3.16. The van der Waals surface area contributed by atoms with Crippen LogP contribution in [0.2, 0.25) is 0 Å². The Labute approximate surface area is 128 Å². The van der Waals surface area contributed by atoms with Gasteiger partial charge < -0.3 is 5.32 Å². The van der Waals surface area contributed by atoms with Gasteiger partial charge in [0, 0.05) is 17.4 Å². The highest BCUT2D eigenvalue weighted by Gasteiger charge is 2.06. The van der Waals surface area contributed by atoms with E-state index in [-0.39, 0.29) is 5.91 Å². The lowest BCUT2D eigenvalue weighted by molar-refractivity contribution is -0.116. The molecule has 0 bridgehead atoms. The van der Waals surface area contributed by atoms with Gasteiger partial charge in [0.15, 0.2) is 0 Å². The summed E-state index contributed by atoms with van der Waals surface area (Å²) in [6, 6.07) is 16.1. The van der Waals surface area contributed by atoms with Crippen LogP contribution >= 0.6 is 15.9 Å². The molecule has 1 amide bonds. The first-order valence-electron chi connectivity index (χ1n) is 6.68. The Kier molecular flexibility index (Phi) is 5.36. The molecule has 0 saturated heterocycles. The zero-order chi connectivity index (χ0) is 14.4. The number of carbonyl (C=O) groups excluding carboxylic acids is 1. The summed E-state index contributed by atoms with van der Waals surface area (Å²) in [6.45, 7) is 2.07. The number of rotatable bonds is 5. The third-order valence-corrected chi connectivity index (χ3v) is 3.76. The summed E-state index contributed by atoms with van der Waals surface area (Å²) in [6.07, 6.45) is 1.27. The molecule has 0 saturated carbocycles. The molecule has 0 aliphatic carbocycles. The number of nitrogens with one attached hydrogen (secondary N) is 1. The molecule has 0 fully saturated rings. The van der Waals surface area contributed by atoms with Gasteiger partial charge in [-0.25, -0.2) is 0 Å². The van der Waals surface area contributed by atoms with Crippen molar-refractivity contribution in [1.82, 2.24) is 0 Å². The molecule has 0 heterocycles. The minimum absolute atomic E-state index is 0.0555. The summed E-state index contributed by atoms with van der Waals surface area (Å²) in [4.78, 5) is 12.0. The van der Waals surface area contributed by atoms with E-state index in [1.165, 1.54) is 11.1 Å². The van der Waals surface area contributed by atoms with Gasteiger partial charge in [0.05, 0.1) is 0 Å². The second kappa shape index (κ2) is 7.25. The van der Waals surface area contributed by atoms with Gasteiger partial charge >= 0.3 is 0 Å². The van der Waals surface area contributed by atoms with Crippen LogP contribution in [-0.4, -0.2) is 5.91 Å². The molecule has 2 aromatic rings. The summed E-state index contributed by atoms with van der Waals surface area (Å²) >= 11 is 3.43. The van der Waals surface area contributed by atoms with E-state index in [1.54, 1.807) is 0 Å². The first kappa shape index (κ1) is 14.8. The smallest absolute Gasteiger partial charge is 0.224 e. The molecule has 2 rings (SSSR count). The normalized spacial score (nSPS) is 10.3. The predicted molar refractivity (Wildman–Crippen MR) is 87.2 cm³/mol. The largest absolute Gasteiger partial charge is 0.326 e. The molecule has 0 aromatic heterocycles. The molecule has 1 N–H and O–H groups in total. The van der Waals surface area contributed by atoms with Gasteiger partial charge in [-0.2, -0.15) is 0 Å². The molecule has 0 aliphatic rings. The minimum atomic E-state index is 0.0555. The molecular weight excluding hydrogens is 314 g/mol. The van der Waals surface area contributed by atoms with Crippen molar-refractivity contribution in [3.8, 4) is 0 Å². The molecule has 0 unspecified atom stereocenters. The molecule has 104 valence electrons. The van der Waals surface area contributed by atoms with Crippen molar-refractivity contribution in [2.45, 2.75) is 25.1 Å². The van der Waals surface area contributed by atoms with Crippen LogP contribution in [0.25, 0.3) is 0 Å².